The third-order valence-corrected chi connectivity index (χ3v) is 7.85. The van der Waals surface area contributed by atoms with Gasteiger partial charge in [0, 0.05) is 31.0 Å². The largest absolute Gasteiger partial charge is 0.340 e. The summed E-state index contributed by atoms with van der Waals surface area (Å²) in [6.07, 6.45) is 9.90. The number of rotatable bonds is 8. The van der Waals surface area contributed by atoms with Crippen LogP contribution in [0.5, 0.6) is 0 Å². The van der Waals surface area contributed by atoms with E-state index < -0.39 is 10.0 Å². The minimum atomic E-state index is -3.24. The van der Waals surface area contributed by atoms with E-state index in [1.807, 2.05) is 0 Å². The Morgan fingerprint density at radius 3 is 2.47 bits per heavy atom. The second-order valence-corrected chi connectivity index (χ2v) is 11.0. The van der Waals surface area contributed by atoms with E-state index in [-0.39, 0.29) is 23.2 Å². The van der Waals surface area contributed by atoms with Crippen LogP contribution in [0.15, 0.2) is 24.3 Å². The molecule has 2 aliphatic rings. The van der Waals surface area contributed by atoms with Crippen LogP contribution < -0.4 is 4.72 Å². The predicted octanol–water partition coefficient (Wildman–Crippen LogP) is 3.98. The van der Waals surface area contributed by atoms with Gasteiger partial charge in [0.15, 0.2) is 0 Å². The number of likely N-dealkylation sites (tertiary alicyclic amines) is 1. The van der Waals surface area contributed by atoms with Gasteiger partial charge in [-0.2, -0.15) is 0 Å². The molecule has 1 N–H and O–H groups in total. The fraction of sp³-hybridized carbons (Fsp3) is 0.696. The van der Waals surface area contributed by atoms with Crippen LogP contribution in [-0.4, -0.2) is 44.6 Å². The number of nitrogens with one attached hydrogen (secondary N) is 1. The van der Waals surface area contributed by atoms with Gasteiger partial charge in [0.05, 0.1) is 6.26 Å². The fourth-order valence-electron chi connectivity index (χ4n) is 5.33. The lowest BCUT2D eigenvalue weighted by Gasteiger charge is -2.46. The summed E-state index contributed by atoms with van der Waals surface area (Å²) in [5.41, 5.74) is 0.605. The summed E-state index contributed by atoms with van der Waals surface area (Å²) in [5.74, 6) is 0.460. The standard InChI is InChI=1S/C23H35FN2O3S/c1-18(19-7-4-3-5-8-19)26-16-14-23(17-22(26)27,13-6-15-25-30(2,28)29)20-9-11-21(24)12-10-20/h9-12,18-19,25H,3-8,13-17H2,1-2H3/t18-,23+/m0/s1. The number of hydrogen-bond donors (Lipinski definition) is 1. The van der Waals surface area contributed by atoms with E-state index >= 15 is 0 Å². The molecule has 7 heteroatoms. The molecule has 0 unspecified atom stereocenters. The maximum Gasteiger partial charge on any atom is 0.223 e. The van der Waals surface area contributed by atoms with E-state index in [2.05, 4.69) is 16.5 Å². The topological polar surface area (TPSA) is 66.5 Å². The minimum Gasteiger partial charge on any atom is -0.340 e. The fourth-order valence-corrected chi connectivity index (χ4v) is 5.85. The first-order valence-corrected chi connectivity index (χ1v) is 13.1. The summed E-state index contributed by atoms with van der Waals surface area (Å²) in [7, 11) is -3.24. The van der Waals surface area contributed by atoms with Crippen molar-refractivity contribution in [1.82, 2.24) is 9.62 Å². The van der Waals surface area contributed by atoms with E-state index in [1.54, 1.807) is 12.1 Å². The Bertz CT molecular complexity index is 821. The second-order valence-electron chi connectivity index (χ2n) is 9.21. The monoisotopic (exact) mass is 438 g/mol. The number of carbonyl (C=O) groups is 1. The number of benzene rings is 1. The first-order chi connectivity index (χ1) is 14.2. The van der Waals surface area contributed by atoms with Crippen LogP contribution in [0, 0.1) is 11.7 Å². The van der Waals surface area contributed by atoms with Gasteiger partial charge < -0.3 is 4.90 Å². The van der Waals surface area contributed by atoms with Crippen molar-refractivity contribution in [2.45, 2.75) is 76.2 Å². The van der Waals surface area contributed by atoms with E-state index in [0.717, 1.165) is 18.2 Å². The molecular formula is C23H35FN2O3S. The van der Waals surface area contributed by atoms with Crippen molar-refractivity contribution in [3.8, 4) is 0 Å². The van der Waals surface area contributed by atoms with E-state index in [1.165, 1.54) is 44.2 Å². The zero-order chi connectivity index (χ0) is 21.8. The first-order valence-electron chi connectivity index (χ1n) is 11.2. The molecule has 1 saturated carbocycles. The molecule has 0 aromatic heterocycles. The third-order valence-electron chi connectivity index (χ3n) is 7.12. The van der Waals surface area contributed by atoms with Gasteiger partial charge in [-0.05, 0) is 62.6 Å². The average molecular weight is 439 g/mol. The van der Waals surface area contributed by atoms with Gasteiger partial charge in [0.1, 0.15) is 5.82 Å². The SMILES string of the molecule is C[C@@H](C1CCCCC1)N1CC[C@@](CCCNS(C)(=O)=O)(c2ccc(F)cc2)CC1=O. The van der Waals surface area contributed by atoms with Crippen molar-refractivity contribution in [2.24, 2.45) is 5.92 Å². The van der Waals surface area contributed by atoms with E-state index in [0.29, 0.717) is 38.3 Å². The molecule has 3 rings (SSSR count). The Kier molecular flexibility index (Phi) is 7.56. The molecule has 1 saturated heterocycles. The molecule has 1 aliphatic carbocycles. The highest BCUT2D eigenvalue weighted by atomic mass is 32.2. The smallest absolute Gasteiger partial charge is 0.223 e. The molecule has 1 amide bonds. The van der Waals surface area contributed by atoms with Crippen LogP contribution in [0.3, 0.4) is 0 Å². The highest BCUT2D eigenvalue weighted by Crippen LogP contribution is 2.42. The lowest BCUT2D eigenvalue weighted by Crippen LogP contribution is -2.52. The maximum atomic E-state index is 13.5. The zero-order valence-electron chi connectivity index (χ0n) is 18.2. The van der Waals surface area contributed by atoms with E-state index in [9.17, 15) is 17.6 Å². The Morgan fingerprint density at radius 2 is 1.87 bits per heavy atom. The van der Waals surface area contributed by atoms with Gasteiger partial charge in [-0.25, -0.2) is 17.5 Å². The summed E-state index contributed by atoms with van der Waals surface area (Å²) in [4.78, 5) is 15.3. The highest BCUT2D eigenvalue weighted by Gasteiger charge is 2.42. The maximum absolute atomic E-state index is 13.5. The van der Waals surface area contributed by atoms with Gasteiger partial charge in [-0.1, -0.05) is 31.4 Å². The number of halogens is 1. The number of carbonyl (C=O) groups excluding carboxylic acids is 1. The molecule has 168 valence electrons. The normalized spacial score (nSPS) is 24.8. The summed E-state index contributed by atoms with van der Waals surface area (Å²) in [6, 6.07) is 6.73. The lowest BCUT2D eigenvalue weighted by atomic mass is 9.69. The summed E-state index contributed by atoms with van der Waals surface area (Å²) >= 11 is 0. The average Bonchev–Trinajstić information content (AvgIpc) is 2.71. The Balaban J connectivity index is 1.73. The first kappa shape index (κ1) is 23.2. The predicted molar refractivity (Wildman–Crippen MR) is 117 cm³/mol. The van der Waals surface area contributed by atoms with Crippen LogP contribution in [0.4, 0.5) is 4.39 Å². The number of amides is 1. The van der Waals surface area contributed by atoms with Gasteiger partial charge in [0.25, 0.3) is 0 Å². The van der Waals surface area contributed by atoms with Crippen molar-refractivity contribution in [2.75, 3.05) is 19.3 Å². The molecule has 1 aromatic carbocycles. The van der Waals surface area contributed by atoms with Gasteiger partial charge in [-0.3, -0.25) is 4.79 Å². The van der Waals surface area contributed by atoms with E-state index in [4.69, 9.17) is 0 Å². The number of nitrogens with zero attached hydrogens (tertiary/aromatic N) is 1. The van der Waals surface area contributed by atoms with Crippen LogP contribution in [0.1, 0.15) is 70.3 Å². The van der Waals surface area contributed by atoms with Crippen molar-refractivity contribution in [3.63, 3.8) is 0 Å². The van der Waals surface area contributed by atoms with Crippen LogP contribution in [-0.2, 0) is 20.2 Å². The van der Waals surface area contributed by atoms with Crippen molar-refractivity contribution in [1.29, 1.82) is 0 Å². The summed E-state index contributed by atoms with van der Waals surface area (Å²) in [6.45, 7) is 3.24. The quantitative estimate of drug-likeness (QED) is 0.624. The second kappa shape index (κ2) is 9.77. The third kappa shape index (κ3) is 5.82. The Labute approximate surface area is 180 Å². The van der Waals surface area contributed by atoms with Crippen LogP contribution in [0.25, 0.3) is 0 Å². The molecule has 1 heterocycles. The molecule has 1 aliphatic heterocycles. The molecule has 30 heavy (non-hydrogen) atoms. The zero-order valence-corrected chi connectivity index (χ0v) is 19.0. The minimum absolute atomic E-state index is 0.166. The molecule has 2 atom stereocenters. The Morgan fingerprint density at radius 1 is 1.20 bits per heavy atom. The molecule has 0 spiro atoms. The molecule has 0 bridgehead atoms. The lowest BCUT2D eigenvalue weighted by molar-refractivity contribution is -0.140. The van der Waals surface area contributed by atoms with Gasteiger partial charge in [0.2, 0.25) is 15.9 Å². The number of hydrogen-bond acceptors (Lipinski definition) is 3. The van der Waals surface area contributed by atoms with Crippen molar-refractivity contribution >= 4 is 15.9 Å². The van der Waals surface area contributed by atoms with Gasteiger partial charge in [-0.15, -0.1) is 0 Å². The van der Waals surface area contributed by atoms with Crippen molar-refractivity contribution in [3.05, 3.63) is 35.6 Å². The number of sulfonamides is 1. The molecular weight excluding hydrogens is 403 g/mol. The molecule has 0 radical (unpaired) electrons. The Hall–Kier alpha value is -1.47. The van der Waals surface area contributed by atoms with Crippen molar-refractivity contribution < 1.29 is 17.6 Å². The molecule has 1 aromatic rings. The van der Waals surface area contributed by atoms with Crippen LogP contribution >= 0.6 is 0 Å². The number of piperidine rings is 1. The highest BCUT2D eigenvalue weighted by molar-refractivity contribution is 7.88. The summed E-state index contributed by atoms with van der Waals surface area (Å²) in [5, 5.41) is 0. The van der Waals surface area contributed by atoms with Crippen LogP contribution in [0.2, 0.25) is 0 Å². The summed E-state index contributed by atoms with van der Waals surface area (Å²) < 4.78 is 38.8. The molecule has 2 fully saturated rings. The van der Waals surface area contributed by atoms with Gasteiger partial charge >= 0.3 is 0 Å². The molecule has 5 nitrogen and oxygen atoms in total.